The molecule has 19 heavy (non-hydrogen) atoms. The van der Waals surface area contributed by atoms with E-state index in [0.29, 0.717) is 13.0 Å². The van der Waals surface area contributed by atoms with Crippen molar-refractivity contribution in [3.8, 4) is 0 Å². The predicted molar refractivity (Wildman–Crippen MR) is 65.7 cm³/mol. The Bertz CT molecular complexity index is 564. The monoisotopic (exact) mass is 261 g/mol. The highest BCUT2D eigenvalue weighted by molar-refractivity contribution is 6.22. The van der Waals surface area contributed by atoms with Crippen LogP contribution in [0.2, 0.25) is 0 Å². The van der Waals surface area contributed by atoms with Gasteiger partial charge in [0.25, 0.3) is 11.6 Å². The van der Waals surface area contributed by atoms with Crippen LogP contribution in [-0.2, 0) is 4.79 Å². The molecule has 3 amide bonds. The van der Waals surface area contributed by atoms with Gasteiger partial charge in [0.1, 0.15) is 11.7 Å². The van der Waals surface area contributed by atoms with Gasteiger partial charge in [-0.1, -0.05) is 12.1 Å². The molecular weight excluding hydrogens is 250 g/mol. The van der Waals surface area contributed by atoms with Gasteiger partial charge in [0, 0.05) is 12.6 Å². The van der Waals surface area contributed by atoms with Crippen molar-refractivity contribution < 1.29 is 14.5 Å². The molecule has 2 fully saturated rings. The number of nitrogens with zero attached hydrogens (tertiary/aromatic N) is 3. The molecule has 2 aliphatic heterocycles. The van der Waals surface area contributed by atoms with E-state index in [9.17, 15) is 19.7 Å². The molecule has 2 heterocycles. The Morgan fingerprint density at radius 1 is 1.26 bits per heavy atom. The van der Waals surface area contributed by atoms with Crippen molar-refractivity contribution in [1.82, 2.24) is 4.90 Å². The maximum atomic E-state index is 12.2. The largest absolute Gasteiger partial charge is 0.332 e. The van der Waals surface area contributed by atoms with Crippen LogP contribution >= 0.6 is 0 Å². The summed E-state index contributed by atoms with van der Waals surface area (Å²) in [5, 5.41) is 11.0. The van der Waals surface area contributed by atoms with Crippen LogP contribution in [0.25, 0.3) is 0 Å². The number of benzene rings is 1. The summed E-state index contributed by atoms with van der Waals surface area (Å²) in [4.78, 5) is 37.2. The topological polar surface area (TPSA) is 83.8 Å². The fraction of sp³-hybridized carbons (Fsp3) is 0.333. The smallest absolute Gasteiger partial charge is 0.312 e. The van der Waals surface area contributed by atoms with Crippen LogP contribution in [0.5, 0.6) is 0 Å². The van der Waals surface area contributed by atoms with Gasteiger partial charge in [0.05, 0.1) is 4.92 Å². The Hall–Kier alpha value is -2.44. The fourth-order valence-electron chi connectivity index (χ4n) is 2.65. The van der Waals surface area contributed by atoms with Gasteiger partial charge in [0.2, 0.25) is 0 Å². The maximum absolute atomic E-state index is 12.2. The van der Waals surface area contributed by atoms with Crippen LogP contribution in [0.3, 0.4) is 0 Å². The van der Waals surface area contributed by atoms with E-state index in [0.717, 1.165) is 11.3 Å². The van der Waals surface area contributed by atoms with Crippen molar-refractivity contribution >= 4 is 23.3 Å². The quantitative estimate of drug-likeness (QED) is 0.459. The molecule has 0 spiro atoms. The zero-order chi connectivity index (χ0) is 13.6. The average molecular weight is 261 g/mol. The number of fused-ring (bicyclic) bond motifs is 1. The van der Waals surface area contributed by atoms with Gasteiger partial charge < -0.3 is 4.90 Å². The van der Waals surface area contributed by atoms with Crippen molar-refractivity contribution in [2.24, 2.45) is 0 Å². The molecule has 98 valence electrons. The van der Waals surface area contributed by atoms with E-state index in [-0.39, 0.29) is 17.3 Å². The Labute approximate surface area is 108 Å². The first kappa shape index (κ1) is 11.6. The van der Waals surface area contributed by atoms with Crippen LogP contribution < -0.4 is 4.90 Å². The van der Waals surface area contributed by atoms with E-state index in [1.807, 2.05) is 0 Å². The number of carbonyl (C=O) groups excluding carboxylic acids is 2. The number of imide groups is 1. The third-order valence-corrected chi connectivity index (χ3v) is 3.51. The molecule has 1 aromatic rings. The normalized spacial score (nSPS) is 22.0. The molecule has 0 radical (unpaired) electrons. The first-order valence-electron chi connectivity index (χ1n) is 5.99. The van der Waals surface area contributed by atoms with E-state index < -0.39 is 17.0 Å². The zero-order valence-electron chi connectivity index (χ0n) is 9.98. The second kappa shape index (κ2) is 4.04. The number of hydrogen-bond donors (Lipinski definition) is 0. The summed E-state index contributed by atoms with van der Waals surface area (Å²) in [6.45, 7) is 0.534. The third-order valence-electron chi connectivity index (χ3n) is 3.51. The van der Waals surface area contributed by atoms with Crippen LogP contribution in [0, 0.1) is 10.1 Å². The van der Waals surface area contributed by atoms with Gasteiger partial charge >= 0.3 is 6.03 Å². The first-order chi connectivity index (χ1) is 9.11. The van der Waals surface area contributed by atoms with E-state index in [1.165, 1.54) is 23.1 Å². The Balaban J connectivity index is 2.06. The SMILES string of the molecule is O=C1C2CCCN2C(=O)N1c1ccccc1[N+](=O)[O-]. The highest BCUT2D eigenvalue weighted by atomic mass is 16.6. The summed E-state index contributed by atoms with van der Waals surface area (Å²) in [6, 6.07) is 4.89. The standard InChI is InChI=1S/C12H11N3O4/c16-11-10-6-3-7-13(10)12(17)14(11)8-4-1-2-5-9(8)15(18)19/h1-2,4-5,10H,3,6-7H2. The number of urea groups is 1. The van der Waals surface area contributed by atoms with Gasteiger partial charge in [-0.15, -0.1) is 0 Å². The Morgan fingerprint density at radius 2 is 2.00 bits per heavy atom. The van der Waals surface area contributed by atoms with Gasteiger partial charge in [-0.3, -0.25) is 14.9 Å². The van der Waals surface area contributed by atoms with E-state index in [1.54, 1.807) is 6.07 Å². The zero-order valence-corrected chi connectivity index (χ0v) is 9.98. The number of nitro groups is 1. The minimum absolute atomic E-state index is 0.0527. The van der Waals surface area contributed by atoms with Crippen molar-refractivity contribution in [2.45, 2.75) is 18.9 Å². The molecule has 0 aromatic heterocycles. The van der Waals surface area contributed by atoms with Crippen molar-refractivity contribution in [3.63, 3.8) is 0 Å². The van der Waals surface area contributed by atoms with Gasteiger partial charge in [-0.2, -0.15) is 0 Å². The highest BCUT2D eigenvalue weighted by Gasteiger charge is 2.49. The van der Waals surface area contributed by atoms with Crippen LogP contribution in [-0.4, -0.2) is 34.3 Å². The second-order valence-corrected chi connectivity index (χ2v) is 4.55. The maximum Gasteiger partial charge on any atom is 0.332 e. The summed E-state index contributed by atoms with van der Waals surface area (Å²) in [5.41, 5.74) is -0.178. The molecule has 7 heteroatoms. The van der Waals surface area contributed by atoms with Gasteiger partial charge in [-0.25, -0.2) is 9.69 Å². The number of hydrogen-bond acceptors (Lipinski definition) is 4. The fourth-order valence-corrected chi connectivity index (χ4v) is 2.65. The molecule has 0 bridgehead atoms. The van der Waals surface area contributed by atoms with Crippen molar-refractivity contribution in [2.75, 3.05) is 11.4 Å². The lowest BCUT2D eigenvalue weighted by Gasteiger charge is -2.15. The lowest BCUT2D eigenvalue weighted by molar-refractivity contribution is -0.384. The molecule has 7 nitrogen and oxygen atoms in total. The van der Waals surface area contributed by atoms with E-state index in [2.05, 4.69) is 0 Å². The van der Waals surface area contributed by atoms with Gasteiger partial charge in [0.15, 0.2) is 0 Å². The van der Waals surface area contributed by atoms with Crippen LogP contribution in [0.4, 0.5) is 16.2 Å². The average Bonchev–Trinajstić information content (AvgIpc) is 2.95. The number of amides is 3. The molecule has 0 N–H and O–H groups in total. The number of anilines is 1. The Kier molecular flexibility index (Phi) is 2.48. The molecule has 2 saturated heterocycles. The van der Waals surface area contributed by atoms with Gasteiger partial charge in [-0.05, 0) is 18.9 Å². The molecule has 1 unspecified atom stereocenters. The van der Waals surface area contributed by atoms with E-state index >= 15 is 0 Å². The summed E-state index contributed by atoms with van der Waals surface area (Å²) in [5.74, 6) is -0.364. The number of rotatable bonds is 2. The minimum atomic E-state index is -0.584. The summed E-state index contributed by atoms with van der Waals surface area (Å²) in [7, 11) is 0. The second-order valence-electron chi connectivity index (χ2n) is 4.55. The number of carbonyl (C=O) groups is 2. The number of nitro benzene ring substituents is 1. The lowest BCUT2D eigenvalue weighted by Crippen LogP contribution is -2.33. The highest BCUT2D eigenvalue weighted by Crippen LogP contribution is 2.35. The molecule has 0 aliphatic carbocycles. The molecule has 0 saturated carbocycles. The summed E-state index contributed by atoms with van der Waals surface area (Å²) >= 11 is 0. The minimum Gasteiger partial charge on any atom is -0.312 e. The van der Waals surface area contributed by atoms with Crippen LogP contribution in [0.1, 0.15) is 12.8 Å². The number of para-hydroxylation sites is 2. The van der Waals surface area contributed by atoms with Crippen molar-refractivity contribution in [1.29, 1.82) is 0 Å². The molecule has 3 rings (SSSR count). The molecule has 1 aromatic carbocycles. The molecular formula is C12H11N3O4. The summed E-state index contributed by atoms with van der Waals surface area (Å²) in [6.07, 6.45) is 1.43. The van der Waals surface area contributed by atoms with E-state index in [4.69, 9.17) is 0 Å². The first-order valence-corrected chi connectivity index (χ1v) is 5.99. The lowest BCUT2D eigenvalue weighted by atomic mass is 10.2. The van der Waals surface area contributed by atoms with Crippen LogP contribution in [0.15, 0.2) is 24.3 Å². The Morgan fingerprint density at radius 3 is 2.68 bits per heavy atom. The molecule has 1 atom stereocenters. The third kappa shape index (κ3) is 1.58. The van der Waals surface area contributed by atoms with Crippen molar-refractivity contribution in [3.05, 3.63) is 34.4 Å². The summed E-state index contributed by atoms with van der Waals surface area (Å²) < 4.78 is 0. The molecule has 2 aliphatic rings. The predicted octanol–water partition coefficient (Wildman–Crippen LogP) is 1.53.